The number of ether oxygens (including phenoxy) is 1. The van der Waals surface area contributed by atoms with E-state index in [-0.39, 0.29) is 13.2 Å². The maximum Gasteiger partial charge on any atom is 0.137 e. The van der Waals surface area contributed by atoms with E-state index in [2.05, 4.69) is 10.3 Å². The van der Waals surface area contributed by atoms with Gasteiger partial charge in [-0.05, 0) is 23.8 Å². The third-order valence-electron chi connectivity index (χ3n) is 4.13. The number of benzene rings is 1. The number of aliphatic hydroxyl groups is 2. The smallest absolute Gasteiger partial charge is 0.137 e. The highest BCUT2D eigenvalue weighted by molar-refractivity contribution is 6.32. The van der Waals surface area contributed by atoms with Gasteiger partial charge in [0.2, 0.25) is 0 Å². The summed E-state index contributed by atoms with van der Waals surface area (Å²) < 4.78 is 7.06. The van der Waals surface area contributed by atoms with Gasteiger partial charge in [-0.2, -0.15) is 0 Å². The van der Waals surface area contributed by atoms with E-state index >= 15 is 0 Å². The fraction of sp³-hybridized carbons (Fsp3) is 0.278. The lowest BCUT2D eigenvalue weighted by molar-refractivity contribution is 0.281. The summed E-state index contributed by atoms with van der Waals surface area (Å²) in [6.07, 6.45) is 3.71. The lowest BCUT2D eigenvalue weighted by atomic mass is 10.1. The van der Waals surface area contributed by atoms with Gasteiger partial charge in [-0.25, -0.2) is 4.98 Å². The average Bonchev–Trinajstić information content (AvgIpc) is 3.07. The fourth-order valence-corrected chi connectivity index (χ4v) is 3.06. The predicted octanol–water partition coefficient (Wildman–Crippen LogP) is 2.02. The van der Waals surface area contributed by atoms with Crippen molar-refractivity contribution < 1.29 is 14.9 Å². The Hall–Kier alpha value is -2.32. The van der Waals surface area contributed by atoms with Crippen LogP contribution >= 0.6 is 11.6 Å². The van der Waals surface area contributed by atoms with E-state index in [9.17, 15) is 10.2 Å². The molecule has 0 amide bonds. The van der Waals surface area contributed by atoms with Crippen molar-refractivity contribution in [2.75, 3.05) is 25.5 Å². The number of nitrogens with two attached hydrogens (primary N) is 1. The van der Waals surface area contributed by atoms with Crippen molar-refractivity contribution in [3.63, 3.8) is 0 Å². The zero-order valence-corrected chi connectivity index (χ0v) is 15.1. The first kappa shape index (κ1) is 18.5. The number of halogens is 1. The Morgan fingerprint density at radius 2 is 1.96 bits per heavy atom. The number of nitrogens with one attached hydrogen (secondary N) is 1. The van der Waals surface area contributed by atoms with Gasteiger partial charge in [-0.15, -0.1) is 0 Å². The van der Waals surface area contributed by atoms with E-state index < -0.39 is 0 Å². The largest absolute Gasteiger partial charge is 0.495 e. The number of aromatic nitrogens is 2. The third-order valence-corrected chi connectivity index (χ3v) is 4.43. The van der Waals surface area contributed by atoms with Crippen molar-refractivity contribution >= 4 is 22.9 Å². The van der Waals surface area contributed by atoms with Crippen LogP contribution in [0.25, 0.3) is 16.9 Å². The van der Waals surface area contributed by atoms with E-state index in [4.69, 9.17) is 22.1 Å². The van der Waals surface area contributed by atoms with Gasteiger partial charge in [0.15, 0.2) is 0 Å². The molecular weight excluding hydrogens is 356 g/mol. The van der Waals surface area contributed by atoms with E-state index in [1.54, 1.807) is 12.1 Å². The standard InChI is InChI=1S/C18H21ClN4O3/c1-26-17-4-11(9-24)13(6-14(17)19)16-8-23-7-15(21-3-2-20)12(10-25)5-18(23)22-16/h4-8,21,24-25H,2-3,9-10,20H2,1H3. The molecule has 8 heteroatoms. The minimum Gasteiger partial charge on any atom is -0.495 e. The molecule has 2 heterocycles. The number of imidazole rings is 1. The maximum absolute atomic E-state index is 9.70. The number of hydrogen-bond acceptors (Lipinski definition) is 6. The summed E-state index contributed by atoms with van der Waals surface area (Å²) in [5.74, 6) is 0.499. The zero-order valence-electron chi connectivity index (χ0n) is 14.4. The van der Waals surface area contributed by atoms with Crippen LogP contribution in [0.4, 0.5) is 5.69 Å². The summed E-state index contributed by atoms with van der Waals surface area (Å²) in [4.78, 5) is 4.61. The van der Waals surface area contributed by atoms with Crippen molar-refractivity contribution in [2.45, 2.75) is 13.2 Å². The summed E-state index contributed by atoms with van der Waals surface area (Å²) >= 11 is 6.24. The van der Waals surface area contributed by atoms with Crippen LogP contribution in [0.3, 0.4) is 0 Å². The van der Waals surface area contributed by atoms with Crippen molar-refractivity contribution in [3.05, 3.63) is 46.7 Å². The molecule has 0 aliphatic rings. The highest BCUT2D eigenvalue weighted by Crippen LogP contribution is 2.34. The second-order valence-corrected chi connectivity index (χ2v) is 6.19. The van der Waals surface area contributed by atoms with Crippen LogP contribution < -0.4 is 15.8 Å². The van der Waals surface area contributed by atoms with Crippen LogP contribution in [0.5, 0.6) is 5.75 Å². The summed E-state index contributed by atoms with van der Waals surface area (Å²) in [6.45, 7) is 0.814. The number of anilines is 1. The van der Waals surface area contributed by atoms with Gasteiger partial charge in [0.25, 0.3) is 0 Å². The second-order valence-electron chi connectivity index (χ2n) is 5.78. The number of nitrogens with zero attached hydrogens (tertiary/aromatic N) is 2. The Labute approximate surface area is 156 Å². The van der Waals surface area contributed by atoms with Gasteiger partial charge in [-0.1, -0.05) is 11.6 Å². The molecule has 0 fully saturated rings. The monoisotopic (exact) mass is 376 g/mol. The van der Waals surface area contributed by atoms with Gasteiger partial charge in [-0.3, -0.25) is 0 Å². The highest BCUT2D eigenvalue weighted by atomic mass is 35.5. The fourth-order valence-electron chi connectivity index (χ4n) is 2.82. The Morgan fingerprint density at radius 3 is 2.62 bits per heavy atom. The van der Waals surface area contributed by atoms with Crippen LogP contribution in [-0.2, 0) is 13.2 Å². The highest BCUT2D eigenvalue weighted by Gasteiger charge is 2.14. The maximum atomic E-state index is 9.70. The van der Waals surface area contributed by atoms with Crippen molar-refractivity contribution in [2.24, 2.45) is 5.73 Å². The number of methoxy groups -OCH3 is 1. The Balaban J connectivity index is 2.10. The SMILES string of the molecule is COc1cc(CO)c(-c2cn3cc(NCCN)c(CO)cc3n2)cc1Cl. The third kappa shape index (κ3) is 3.47. The second kappa shape index (κ2) is 7.92. The number of aliphatic hydroxyl groups excluding tert-OH is 2. The predicted molar refractivity (Wildman–Crippen MR) is 102 cm³/mol. The van der Waals surface area contributed by atoms with Crippen LogP contribution in [0.15, 0.2) is 30.6 Å². The molecule has 0 saturated heterocycles. The van der Waals surface area contributed by atoms with Crippen LogP contribution in [0.2, 0.25) is 5.02 Å². The van der Waals surface area contributed by atoms with E-state index in [1.165, 1.54) is 7.11 Å². The Kier molecular flexibility index (Phi) is 5.63. The van der Waals surface area contributed by atoms with Crippen molar-refractivity contribution in [1.29, 1.82) is 0 Å². The first-order chi connectivity index (χ1) is 12.6. The summed E-state index contributed by atoms with van der Waals surface area (Å²) in [5.41, 5.74) is 9.81. The molecule has 0 aliphatic carbocycles. The molecule has 0 aliphatic heterocycles. The quantitative estimate of drug-likeness (QED) is 0.503. The van der Waals surface area contributed by atoms with Crippen molar-refractivity contribution in [3.8, 4) is 17.0 Å². The molecule has 0 atom stereocenters. The van der Waals surface area contributed by atoms with Gasteiger partial charge in [0.05, 0.1) is 36.7 Å². The lowest BCUT2D eigenvalue weighted by Crippen LogP contribution is -2.14. The van der Waals surface area contributed by atoms with Crippen LogP contribution in [0, 0.1) is 0 Å². The molecule has 2 aromatic heterocycles. The topological polar surface area (TPSA) is 105 Å². The number of rotatable bonds is 7. The summed E-state index contributed by atoms with van der Waals surface area (Å²) in [6, 6.07) is 5.25. The van der Waals surface area contributed by atoms with Gasteiger partial charge in [0, 0.05) is 36.6 Å². The molecule has 0 saturated carbocycles. The molecule has 0 unspecified atom stereocenters. The molecule has 0 spiro atoms. The minimum absolute atomic E-state index is 0.109. The normalized spacial score (nSPS) is 11.1. The zero-order chi connectivity index (χ0) is 18.7. The first-order valence-corrected chi connectivity index (χ1v) is 8.53. The summed E-state index contributed by atoms with van der Waals surface area (Å²) in [7, 11) is 1.53. The van der Waals surface area contributed by atoms with Crippen LogP contribution in [-0.4, -0.2) is 39.8 Å². The molecule has 5 N–H and O–H groups in total. The summed E-state index contributed by atoms with van der Waals surface area (Å²) in [5, 5.41) is 22.9. The van der Waals surface area contributed by atoms with Gasteiger partial charge >= 0.3 is 0 Å². The van der Waals surface area contributed by atoms with E-state index in [1.807, 2.05) is 22.9 Å². The number of fused-ring (bicyclic) bond motifs is 1. The molecule has 3 aromatic rings. The molecule has 0 radical (unpaired) electrons. The molecule has 0 bridgehead atoms. The average molecular weight is 377 g/mol. The van der Waals surface area contributed by atoms with Gasteiger partial charge < -0.3 is 30.4 Å². The number of pyridine rings is 1. The molecule has 1 aromatic carbocycles. The van der Waals surface area contributed by atoms with Crippen molar-refractivity contribution in [1.82, 2.24) is 9.38 Å². The van der Waals surface area contributed by atoms with E-state index in [0.29, 0.717) is 40.8 Å². The molecule has 7 nitrogen and oxygen atoms in total. The van der Waals surface area contributed by atoms with E-state index in [0.717, 1.165) is 16.8 Å². The molecular formula is C18H21ClN4O3. The first-order valence-electron chi connectivity index (χ1n) is 8.15. The lowest BCUT2D eigenvalue weighted by Gasteiger charge is -2.10. The van der Waals surface area contributed by atoms with Crippen LogP contribution in [0.1, 0.15) is 11.1 Å². The molecule has 3 rings (SSSR count). The Bertz CT molecular complexity index is 926. The Morgan fingerprint density at radius 1 is 1.19 bits per heavy atom. The number of hydrogen-bond donors (Lipinski definition) is 4. The minimum atomic E-state index is -0.165. The molecule has 138 valence electrons. The molecule has 26 heavy (non-hydrogen) atoms. The van der Waals surface area contributed by atoms with Gasteiger partial charge in [0.1, 0.15) is 11.4 Å².